The van der Waals surface area contributed by atoms with Crippen LogP contribution in [-0.4, -0.2) is 30.4 Å². The lowest BCUT2D eigenvalue weighted by Crippen LogP contribution is -2.28. The van der Waals surface area contributed by atoms with Crippen LogP contribution in [0.3, 0.4) is 0 Å². The van der Waals surface area contributed by atoms with Crippen LogP contribution in [0.2, 0.25) is 0 Å². The Morgan fingerprint density at radius 1 is 1.21 bits per heavy atom. The minimum atomic E-state index is 0.0647. The van der Waals surface area contributed by atoms with E-state index in [1.54, 1.807) is 6.07 Å². The van der Waals surface area contributed by atoms with Gasteiger partial charge in [-0.2, -0.15) is 0 Å². The van der Waals surface area contributed by atoms with Crippen molar-refractivity contribution in [2.24, 2.45) is 0 Å². The third-order valence-electron chi connectivity index (χ3n) is 3.52. The largest absolute Gasteiger partial charge is 0.399 e. The van der Waals surface area contributed by atoms with Gasteiger partial charge in [0.05, 0.1) is 0 Å². The Balaban J connectivity index is 1.75. The fraction of sp³-hybridized carbons (Fsp3) is 0.533. The van der Waals surface area contributed by atoms with E-state index < -0.39 is 0 Å². The van der Waals surface area contributed by atoms with Gasteiger partial charge in [-0.15, -0.1) is 0 Å². The van der Waals surface area contributed by atoms with E-state index >= 15 is 0 Å². The molecule has 0 spiro atoms. The van der Waals surface area contributed by atoms with Gasteiger partial charge in [-0.25, -0.2) is 0 Å². The molecule has 1 aromatic carbocycles. The molecule has 1 heterocycles. The van der Waals surface area contributed by atoms with E-state index in [-0.39, 0.29) is 5.91 Å². The molecule has 19 heavy (non-hydrogen) atoms. The first-order valence-corrected chi connectivity index (χ1v) is 7.12. The number of rotatable bonds is 4. The van der Waals surface area contributed by atoms with Gasteiger partial charge in [0, 0.05) is 24.3 Å². The molecule has 4 nitrogen and oxygen atoms in total. The monoisotopic (exact) mass is 261 g/mol. The Labute approximate surface area is 115 Å². The van der Waals surface area contributed by atoms with Crippen molar-refractivity contribution in [1.82, 2.24) is 4.90 Å². The quantitative estimate of drug-likeness (QED) is 0.819. The van der Waals surface area contributed by atoms with Gasteiger partial charge in [0.15, 0.2) is 0 Å². The molecule has 1 saturated heterocycles. The number of carbonyl (C=O) groups is 1. The first-order valence-electron chi connectivity index (χ1n) is 7.12. The number of likely N-dealkylation sites (tertiary alicyclic amines) is 1. The maximum Gasteiger partial charge on any atom is 0.225 e. The molecule has 1 fully saturated rings. The molecule has 0 atom stereocenters. The van der Waals surface area contributed by atoms with Gasteiger partial charge >= 0.3 is 0 Å². The third-order valence-corrected chi connectivity index (χ3v) is 3.52. The van der Waals surface area contributed by atoms with Crippen molar-refractivity contribution in [3.63, 3.8) is 0 Å². The Hall–Kier alpha value is -1.55. The van der Waals surface area contributed by atoms with Crippen LogP contribution in [0.1, 0.15) is 32.1 Å². The average molecular weight is 261 g/mol. The molecule has 1 aliphatic rings. The second kappa shape index (κ2) is 7.14. The highest BCUT2D eigenvalue weighted by atomic mass is 16.1. The zero-order chi connectivity index (χ0) is 13.5. The molecule has 1 amide bonds. The van der Waals surface area contributed by atoms with E-state index in [1.807, 2.05) is 18.2 Å². The molecule has 0 aromatic heterocycles. The van der Waals surface area contributed by atoms with Crippen LogP contribution >= 0.6 is 0 Å². The predicted octanol–water partition coefficient (Wildman–Crippen LogP) is 2.47. The maximum atomic E-state index is 11.9. The molecule has 0 unspecified atom stereocenters. The van der Waals surface area contributed by atoms with Crippen LogP contribution in [0.5, 0.6) is 0 Å². The van der Waals surface area contributed by atoms with Crippen LogP contribution in [0, 0.1) is 0 Å². The predicted molar refractivity (Wildman–Crippen MR) is 79.0 cm³/mol. The first kappa shape index (κ1) is 13.9. The van der Waals surface area contributed by atoms with E-state index in [4.69, 9.17) is 5.73 Å². The molecule has 4 heteroatoms. The zero-order valence-corrected chi connectivity index (χ0v) is 11.4. The molecule has 0 aliphatic carbocycles. The summed E-state index contributed by atoms with van der Waals surface area (Å²) < 4.78 is 0. The number of nitrogens with zero attached hydrogens (tertiary/aromatic N) is 1. The van der Waals surface area contributed by atoms with Crippen LogP contribution in [-0.2, 0) is 4.79 Å². The summed E-state index contributed by atoms with van der Waals surface area (Å²) in [4.78, 5) is 14.3. The van der Waals surface area contributed by atoms with Gasteiger partial charge in [-0.1, -0.05) is 18.9 Å². The summed E-state index contributed by atoms with van der Waals surface area (Å²) in [7, 11) is 0. The van der Waals surface area contributed by atoms with Gasteiger partial charge in [-0.3, -0.25) is 4.79 Å². The molecule has 0 saturated carbocycles. The molecule has 3 N–H and O–H groups in total. The Morgan fingerprint density at radius 2 is 1.95 bits per heavy atom. The second-order valence-electron chi connectivity index (χ2n) is 5.18. The summed E-state index contributed by atoms with van der Waals surface area (Å²) in [6.07, 6.45) is 5.72. The summed E-state index contributed by atoms with van der Waals surface area (Å²) in [5, 5.41) is 2.89. The van der Waals surface area contributed by atoms with Gasteiger partial charge < -0.3 is 16.0 Å². The number of carbonyl (C=O) groups excluding carboxylic acids is 1. The van der Waals surface area contributed by atoms with E-state index in [1.165, 1.54) is 25.7 Å². The van der Waals surface area contributed by atoms with Crippen LogP contribution in [0.15, 0.2) is 24.3 Å². The van der Waals surface area contributed by atoms with Gasteiger partial charge in [0.25, 0.3) is 0 Å². The molecule has 0 bridgehead atoms. The number of benzene rings is 1. The van der Waals surface area contributed by atoms with Crippen LogP contribution in [0.4, 0.5) is 11.4 Å². The fourth-order valence-electron chi connectivity index (χ4n) is 2.46. The minimum absolute atomic E-state index is 0.0647. The van der Waals surface area contributed by atoms with Gasteiger partial charge in [0.2, 0.25) is 5.91 Å². The molecular formula is C15H23N3O. The van der Waals surface area contributed by atoms with Crippen molar-refractivity contribution >= 4 is 17.3 Å². The number of anilines is 2. The summed E-state index contributed by atoms with van der Waals surface area (Å²) in [6, 6.07) is 7.30. The fourth-order valence-corrected chi connectivity index (χ4v) is 2.46. The average Bonchev–Trinajstić information content (AvgIpc) is 2.65. The van der Waals surface area contributed by atoms with E-state index in [9.17, 15) is 4.79 Å². The van der Waals surface area contributed by atoms with Crippen molar-refractivity contribution in [3.8, 4) is 0 Å². The minimum Gasteiger partial charge on any atom is -0.399 e. The second-order valence-corrected chi connectivity index (χ2v) is 5.18. The highest BCUT2D eigenvalue weighted by Gasteiger charge is 2.10. The summed E-state index contributed by atoms with van der Waals surface area (Å²) in [5.41, 5.74) is 7.13. The Bertz CT molecular complexity index is 412. The van der Waals surface area contributed by atoms with Crippen molar-refractivity contribution in [2.75, 3.05) is 30.7 Å². The number of hydrogen-bond donors (Lipinski definition) is 2. The summed E-state index contributed by atoms with van der Waals surface area (Å²) in [6.45, 7) is 3.12. The maximum absolute atomic E-state index is 11.9. The van der Waals surface area contributed by atoms with E-state index in [0.29, 0.717) is 12.1 Å². The SMILES string of the molecule is Nc1cccc(NC(=O)CCN2CCCCCC2)c1. The lowest BCUT2D eigenvalue weighted by molar-refractivity contribution is -0.116. The van der Waals surface area contributed by atoms with Crippen molar-refractivity contribution in [2.45, 2.75) is 32.1 Å². The van der Waals surface area contributed by atoms with Gasteiger partial charge in [0.1, 0.15) is 0 Å². The Kier molecular flexibility index (Phi) is 5.21. The van der Waals surface area contributed by atoms with Crippen molar-refractivity contribution in [3.05, 3.63) is 24.3 Å². The lowest BCUT2D eigenvalue weighted by atomic mass is 10.2. The number of nitrogens with two attached hydrogens (primary N) is 1. The number of nitrogens with one attached hydrogen (secondary N) is 1. The van der Waals surface area contributed by atoms with E-state index in [0.717, 1.165) is 25.3 Å². The molecule has 1 aromatic rings. The third kappa shape index (κ3) is 4.91. The number of hydrogen-bond acceptors (Lipinski definition) is 3. The van der Waals surface area contributed by atoms with E-state index in [2.05, 4.69) is 10.2 Å². The number of nitrogen functional groups attached to an aromatic ring is 1. The topological polar surface area (TPSA) is 58.4 Å². The molecule has 104 valence electrons. The lowest BCUT2D eigenvalue weighted by Gasteiger charge is -2.19. The standard InChI is InChI=1S/C15H23N3O/c16-13-6-5-7-14(12-13)17-15(19)8-11-18-9-3-1-2-4-10-18/h5-7,12H,1-4,8-11,16H2,(H,17,19). The zero-order valence-electron chi connectivity index (χ0n) is 11.4. The molecule has 1 aliphatic heterocycles. The molecule has 2 rings (SSSR count). The normalized spacial score (nSPS) is 16.8. The van der Waals surface area contributed by atoms with Crippen LogP contribution < -0.4 is 11.1 Å². The molecular weight excluding hydrogens is 238 g/mol. The highest BCUT2D eigenvalue weighted by Crippen LogP contribution is 2.13. The molecule has 0 radical (unpaired) electrons. The Morgan fingerprint density at radius 3 is 2.63 bits per heavy atom. The first-order chi connectivity index (χ1) is 9.24. The summed E-state index contributed by atoms with van der Waals surface area (Å²) in [5.74, 6) is 0.0647. The summed E-state index contributed by atoms with van der Waals surface area (Å²) >= 11 is 0. The van der Waals surface area contributed by atoms with Crippen LogP contribution in [0.25, 0.3) is 0 Å². The van der Waals surface area contributed by atoms with Crippen molar-refractivity contribution in [1.29, 1.82) is 0 Å². The van der Waals surface area contributed by atoms with Crippen molar-refractivity contribution < 1.29 is 4.79 Å². The number of amides is 1. The smallest absolute Gasteiger partial charge is 0.225 e. The highest BCUT2D eigenvalue weighted by molar-refractivity contribution is 5.91. The van der Waals surface area contributed by atoms with Gasteiger partial charge in [-0.05, 0) is 44.1 Å².